The Morgan fingerprint density at radius 1 is 1.55 bits per heavy atom. The summed E-state index contributed by atoms with van der Waals surface area (Å²) in [5, 5.41) is 6.03. The summed E-state index contributed by atoms with van der Waals surface area (Å²) >= 11 is 0. The van der Waals surface area contributed by atoms with Gasteiger partial charge < -0.3 is 15.4 Å². The molecule has 2 fully saturated rings. The van der Waals surface area contributed by atoms with Crippen molar-refractivity contribution in [3.8, 4) is 0 Å². The van der Waals surface area contributed by atoms with Gasteiger partial charge in [-0.3, -0.25) is 0 Å². The number of carbonyl (C=O) groups excluding carboxylic acids is 1. The van der Waals surface area contributed by atoms with E-state index in [4.69, 9.17) is 4.74 Å². The van der Waals surface area contributed by atoms with E-state index >= 15 is 0 Å². The number of piperidine rings is 1. The van der Waals surface area contributed by atoms with Gasteiger partial charge in [0.2, 0.25) is 0 Å². The second-order valence-corrected chi connectivity index (χ2v) is 3.10. The third-order valence-electron chi connectivity index (χ3n) is 2.36. The second-order valence-electron chi connectivity index (χ2n) is 3.10. The van der Waals surface area contributed by atoms with Crippen molar-refractivity contribution in [1.29, 1.82) is 0 Å². The van der Waals surface area contributed by atoms with Gasteiger partial charge in [0.05, 0.1) is 12.6 Å². The van der Waals surface area contributed by atoms with E-state index in [0.717, 1.165) is 19.5 Å². The summed E-state index contributed by atoms with van der Waals surface area (Å²) in [4.78, 5) is 10.8. The summed E-state index contributed by atoms with van der Waals surface area (Å²) in [6.07, 6.45) is 0.834. The quantitative estimate of drug-likeness (QED) is 0.506. The number of hydrogen-bond acceptors (Lipinski definition) is 3. The van der Waals surface area contributed by atoms with Gasteiger partial charge in [-0.1, -0.05) is 0 Å². The van der Waals surface area contributed by atoms with Gasteiger partial charge in [0, 0.05) is 12.5 Å². The lowest BCUT2D eigenvalue weighted by Gasteiger charge is -2.35. The van der Waals surface area contributed by atoms with Crippen LogP contribution >= 0.6 is 0 Å². The Labute approximate surface area is 65.3 Å². The summed E-state index contributed by atoms with van der Waals surface area (Å²) in [5.41, 5.74) is 0. The van der Waals surface area contributed by atoms with Crippen molar-refractivity contribution >= 4 is 6.09 Å². The van der Waals surface area contributed by atoms with Crippen LogP contribution in [0.1, 0.15) is 6.42 Å². The molecule has 11 heavy (non-hydrogen) atoms. The molecule has 4 heteroatoms. The predicted molar refractivity (Wildman–Crippen MR) is 39.2 cm³/mol. The molecule has 0 saturated carbocycles. The maximum absolute atomic E-state index is 10.8. The minimum Gasteiger partial charge on any atom is -0.449 e. The van der Waals surface area contributed by atoms with Crippen LogP contribution in [-0.4, -0.2) is 31.8 Å². The van der Waals surface area contributed by atoms with Crippen LogP contribution in [0.2, 0.25) is 0 Å². The van der Waals surface area contributed by atoms with Crippen molar-refractivity contribution < 1.29 is 9.53 Å². The Hall–Kier alpha value is -0.770. The van der Waals surface area contributed by atoms with Crippen LogP contribution in [-0.2, 0) is 4.74 Å². The molecule has 2 N–H and O–H groups in total. The number of fused-ring (bicyclic) bond motifs is 1. The van der Waals surface area contributed by atoms with Crippen molar-refractivity contribution in [2.45, 2.75) is 12.5 Å². The molecule has 0 bridgehead atoms. The zero-order chi connectivity index (χ0) is 7.68. The summed E-state index contributed by atoms with van der Waals surface area (Å²) < 4.78 is 4.87. The van der Waals surface area contributed by atoms with E-state index in [0.29, 0.717) is 18.6 Å². The summed E-state index contributed by atoms with van der Waals surface area (Å²) in [6.45, 7) is 2.53. The fourth-order valence-electron chi connectivity index (χ4n) is 1.66. The lowest BCUT2D eigenvalue weighted by molar-refractivity contribution is 0.0692. The maximum Gasteiger partial charge on any atom is 0.407 e. The fourth-order valence-corrected chi connectivity index (χ4v) is 1.66. The summed E-state index contributed by atoms with van der Waals surface area (Å²) in [5.74, 6) is 0.522. The number of alkyl carbamates (subject to hydrolysis) is 1. The zero-order valence-corrected chi connectivity index (χ0v) is 6.30. The topological polar surface area (TPSA) is 50.4 Å². The first kappa shape index (κ1) is 6.91. The van der Waals surface area contributed by atoms with Gasteiger partial charge in [-0.15, -0.1) is 0 Å². The number of amides is 1. The molecule has 62 valence electrons. The minimum absolute atomic E-state index is 0.269. The zero-order valence-electron chi connectivity index (χ0n) is 6.30. The first-order valence-corrected chi connectivity index (χ1v) is 4.00. The molecule has 2 heterocycles. The summed E-state index contributed by atoms with van der Waals surface area (Å²) in [7, 11) is 0. The molecule has 0 spiro atoms. The number of nitrogens with one attached hydrogen (secondary N) is 2. The molecular formula is C7H12N2O2. The number of ether oxygens (including phenoxy) is 1. The molecule has 2 rings (SSSR count). The average Bonchev–Trinajstić information content (AvgIpc) is 2.04. The number of rotatable bonds is 0. The highest BCUT2D eigenvalue weighted by molar-refractivity contribution is 5.68. The molecule has 0 aromatic rings. The molecule has 2 atom stereocenters. The minimum atomic E-state index is -0.269. The van der Waals surface area contributed by atoms with Gasteiger partial charge in [-0.05, 0) is 13.0 Å². The molecule has 1 amide bonds. The van der Waals surface area contributed by atoms with Crippen LogP contribution in [0.25, 0.3) is 0 Å². The van der Waals surface area contributed by atoms with Crippen molar-refractivity contribution in [2.75, 3.05) is 19.7 Å². The smallest absolute Gasteiger partial charge is 0.407 e. The van der Waals surface area contributed by atoms with Crippen molar-refractivity contribution in [2.24, 2.45) is 5.92 Å². The molecule has 2 saturated heterocycles. The van der Waals surface area contributed by atoms with E-state index in [2.05, 4.69) is 10.6 Å². The third-order valence-corrected chi connectivity index (χ3v) is 2.36. The van der Waals surface area contributed by atoms with E-state index in [9.17, 15) is 4.79 Å². The van der Waals surface area contributed by atoms with Crippen molar-refractivity contribution in [1.82, 2.24) is 10.6 Å². The second kappa shape index (κ2) is 2.70. The summed E-state index contributed by atoms with van der Waals surface area (Å²) in [6, 6.07) is 0.296. The number of hydrogen-bond donors (Lipinski definition) is 2. The monoisotopic (exact) mass is 156 g/mol. The molecular weight excluding hydrogens is 144 g/mol. The first-order chi connectivity index (χ1) is 5.36. The van der Waals surface area contributed by atoms with Crippen LogP contribution in [0.5, 0.6) is 0 Å². The molecule has 2 aliphatic heterocycles. The number of carbonyl (C=O) groups is 1. The van der Waals surface area contributed by atoms with Gasteiger partial charge in [-0.25, -0.2) is 4.79 Å². The standard InChI is InChI=1S/C7H12N2O2/c10-7-9-6-3-8-2-1-5(6)4-11-7/h5-6,8H,1-4H2,(H,9,10)/t5-,6-/m0/s1. The van der Waals surface area contributed by atoms with Crippen molar-refractivity contribution in [3.63, 3.8) is 0 Å². The fraction of sp³-hybridized carbons (Fsp3) is 0.857. The highest BCUT2D eigenvalue weighted by atomic mass is 16.6. The Morgan fingerprint density at radius 2 is 2.45 bits per heavy atom. The molecule has 0 aromatic carbocycles. The van der Waals surface area contributed by atoms with E-state index in [1.807, 2.05) is 0 Å². The lowest BCUT2D eigenvalue weighted by atomic mass is 9.93. The molecule has 0 radical (unpaired) electrons. The molecule has 0 aliphatic carbocycles. The van der Waals surface area contributed by atoms with E-state index < -0.39 is 0 Å². The Bertz CT molecular complexity index is 172. The SMILES string of the molecule is O=C1N[C@H]2CNCC[C@H]2CO1. The Balaban J connectivity index is 1.98. The highest BCUT2D eigenvalue weighted by Crippen LogP contribution is 2.16. The van der Waals surface area contributed by atoms with Gasteiger partial charge in [-0.2, -0.15) is 0 Å². The normalized spacial score (nSPS) is 36.9. The van der Waals surface area contributed by atoms with Crippen LogP contribution in [0.4, 0.5) is 4.79 Å². The first-order valence-electron chi connectivity index (χ1n) is 4.00. The van der Waals surface area contributed by atoms with Crippen LogP contribution in [0.3, 0.4) is 0 Å². The van der Waals surface area contributed by atoms with Crippen LogP contribution in [0, 0.1) is 5.92 Å². The van der Waals surface area contributed by atoms with Crippen molar-refractivity contribution in [3.05, 3.63) is 0 Å². The third kappa shape index (κ3) is 1.30. The molecule has 0 unspecified atom stereocenters. The van der Waals surface area contributed by atoms with E-state index in [1.54, 1.807) is 0 Å². The Kier molecular flexibility index (Phi) is 1.69. The largest absolute Gasteiger partial charge is 0.449 e. The molecule has 4 nitrogen and oxygen atoms in total. The predicted octanol–water partition coefficient (Wildman–Crippen LogP) is -0.296. The van der Waals surface area contributed by atoms with E-state index in [-0.39, 0.29) is 6.09 Å². The number of cyclic esters (lactones) is 1. The van der Waals surface area contributed by atoms with E-state index in [1.165, 1.54) is 0 Å². The highest BCUT2D eigenvalue weighted by Gasteiger charge is 2.31. The van der Waals surface area contributed by atoms with Gasteiger partial charge in [0.1, 0.15) is 0 Å². The lowest BCUT2D eigenvalue weighted by Crippen LogP contribution is -2.56. The van der Waals surface area contributed by atoms with Gasteiger partial charge >= 0.3 is 6.09 Å². The van der Waals surface area contributed by atoms with Crippen LogP contribution < -0.4 is 10.6 Å². The van der Waals surface area contributed by atoms with Gasteiger partial charge in [0.25, 0.3) is 0 Å². The molecule has 2 aliphatic rings. The average molecular weight is 156 g/mol. The molecule has 0 aromatic heterocycles. The Morgan fingerprint density at radius 3 is 3.36 bits per heavy atom. The van der Waals surface area contributed by atoms with Gasteiger partial charge in [0.15, 0.2) is 0 Å². The van der Waals surface area contributed by atoms with Crippen LogP contribution in [0.15, 0.2) is 0 Å². The maximum atomic E-state index is 10.8.